The van der Waals surface area contributed by atoms with Crippen molar-refractivity contribution in [3.63, 3.8) is 0 Å². The molecule has 1 aromatic rings. The van der Waals surface area contributed by atoms with Crippen molar-refractivity contribution in [1.82, 2.24) is 25.1 Å². The summed E-state index contributed by atoms with van der Waals surface area (Å²) < 4.78 is 0. The zero-order valence-corrected chi connectivity index (χ0v) is 13.1. The predicted octanol–water partition coefficient (Wildman–Crippen LogP) is 0.240. The first-order chi connectivity index (χ1) is 11.1. The van der Waals surface area contributed by atoms with E-state index in [9.17, 15) is 14.4 Å². The Kier molecular flexibility index (Phi) is 4.42. The monoisotopic (exact) mass is 337 g/mol. The lowest BCUT2D eigenvalue weighted by Crippen LogP contribution is -2.49. The molecule has 0 saturated carbocycles. The number of urea groups is 1. The van der Waals surface area contributed by atoms with Crippen LogP contribution in [-0.2, 0) is 4.79 Å². The highest BCUT2D eigenvalue weighted by Crippen LogP contribution is 2.27. The van der Waals surface area contributed by atoms with E-state index in [0.29, 0.717) is 19.4 Å². The van der Waals surface area contributed by atoms with E-state index in [-0.39, 0.29) is 42.0 Å². The van der Waals surface area contributed by atoms with Gasteiger partial charge in [0.25, 0.3) is 11.8 Å². The van der Waals surface area contributed by atoms with Crippen molar-refractivity contribution >= 4 is 29.4 Å². The van der Waals surface area contributed by atoms with Gasteiger partial charge >= 0.3 is 6.03 Å². The number of hydrogen-bond acceptors (Lipinski definition) is 5. The Labute approximate surface area is 137 Å². The van der Waals surface area contributed by atoms with Gasteiger partial charge in [0, 0.05) is 37.4 Å². The van der Waals surface area contributed by atoms with E-state index < -0.39 is 6.04 Å². The highest BCUT2D eigenvalue weighted by atomic mass is 35.5. The van der Waals surface area contributed by atoms with Gasteiger partial charge in [-0.05, 0) is 12.8 Å². The van der Waals surface area contributed by atoms with Crippen molar-refractivity contribution < 1.29 is 14.4 Å². The molecule has 9 heteroatoms. The molecular weight excluding hydrogens is 322 g/mol. The number of hydrogen-bond donors (Lipinski definition) is 1. The zero-order valence-electron chi connectivity index (χ0n) is 12.3. The summed E-state index contributed by atoms with van der Waals surface area (Å²) in [6.07, 6.45) is 5.31. The van der Waals surface area contributed by atoms with Crippen LogP contribution in [0.1, 0.15) is 23.3 Å². The number of nitrogens with zero attached hydrogens (tertiary/aromatic N) is 4. The van der Waals surface area contributed by atoms with Gasteiger partial charge < -0.3 is 10.2 Å². The number of piperidine rings is 1. The second-order valence-electron chi connectivity index (χ2n) is 5.46. The lowest BCUT2D eigenvalue weighted by molar-refractivity contribution is -0.128. The predicted molar refractivity (Wildman–Crippen MR) is 80.8 cm³/mol. The van der Waals surface area contributed by atoms with Crippen LogP contribution in [0.15, 0.2) is 18.6 Å². The van der Waals surface area contributed by atoms with Crippen molar-refractivity contribution in [3.05, 3.63) is 24.3 Å². The molecule has 2 fully saturated rings. The number of carbonyl (C=O) groups is 3. The first-order valence-corrected chi connectivity index (χ1v) is 7.90. The fraction of sp³-hybridized carbons (Fsp3) is 0.500. The number of rotatable bonds is 4. The van der Waals surface area contributed by atoms with Crippen molar-refractivity contribution in [2.75, 3.05) is 19.0 Å². The molecule has 1 aromatic heterocycles. The fourth-order valence-corrected chi connectivity index (χ4v) is 3.12. The molecule has 2 aliphatic rings. The van der Waals surface area contributed by atoms with Gasteiger partial charge in [-0.3, -0.25) is 19.5 Å². The number of nitrogens with one attached hydrogen (secondary N) is 1. The zero-order chi connectivity index (χ0) is 16.4. The summed E-state index contributed by atoms with van der Waals surface area (Å²) in [4.78, 5) is 47.1. The standard InChI is InChI=1S/C14H16ClN5O3/c15-2-6-20-13(22)11-7-9(1-5-19(11)14(20)23)18-12(21)10-8-16-3-4-17-10/h3-4,8-9,11H,1-2,5-7H2,(H,18,21)/t9-,11-/m0/s1. The van der Waals surface area contributed by atoms with Gasteiger partial charge in [-0.1, -0.05) is 0 Å². The van der Waals surface area contributed by atoms with Gasteiger partial charge in [-0.2, -0.15) is 0 Å². The van der Waals surface area contributed by atoms with Crippen LogP contribution in [0, 0.1) is 0 Å². The Hall–Kier alpha value is -2.22. The number of imide groups is 1. The van der Waals surface area contributed by atoms with Crippen LogP contribution in [0.3, 0.4) is 0 Å². The van der Waals surface area contributed by atoms with Crippen LogP contribution >= 0.6 is 11.6 Å². The highest BCUT2D eigenvalue weighted by Gasteiger charge is 2.47. The molecule has 8 nitrogen and oxygen atoms in total. The third-order valence-corrected chi connectivity index (χ3v) is 4.24. The molecule has 0 unspecified atom stereocenters. The van der Waals surface area contributed by atoms with Crippen LogP contribution in [0.4, 0.5) is 4.79 Å². The van der Waals surface area contributed by atoms with Crippen molar-refractivity contribution in [2.45, 2.75) is 24.9 Å². The number of aromatic nitrogens is 2. The second kappa shape index (κ2) is 6.49. The minimum absolute atomic E-state index is 0.182. The lowest BCUT2D eigenvalue weighted by atomic mass is 9.98. The number of carbonyl (C=O) groups excluding carboxylic acids is 3. The van der Waals surface area contributed by atoms with Crippen molar-refractivity contribution in [3.8, 4) is 0 Å². The minimum atomic E-state index is -0.522. The van der Waals surface area contributed by atoms with Crippen LogP contribution in [-0.4, -0.2) is 68.7 Å². The third-order valence-electron chi connectivity index (χ3n) is 4.07. The maximum Gasteiger partial charge on any atom is 0.327 e. The maximum absolute atomic E-state index is 12.3. The normalized spacial score (nSPS) is 23.9. The molecule has 2 saturated heterocycles. The Morgan fingerprint density at radius 2 is 2.22 bits per heavy atom. The molecule has 2 aliphatic heterocycles. The summed E-state index contributed by atoms with van der Waals surface area (Å²) in [5.74, 6) is -0.356. The first kappa shape index (κ1) is 15.7. The molecule has 0 spiro atoms. The van der Waals surface area contributed by atoms with Gasteiger partial charge in [0.05, 0.1) is 6.20 Å². The molecule has 3 rings (SSSR count). The number of fused-ring (bicyclic) bond motifs is 1. The number of alkyl halides is 1. The van der Waals surface area contributed by atoms with Crippen LogP contribution in [0.25, 0.3) is 0 Å². The average molecular weight is 338 g/mol. The molecule has 0 bridgehead atoms. The smallest absolute Gasteiger partial charge is 0.327 e. The second-order valence-corrected chi connectivity index (χ2v) is 5.83. The number of halogens is 1. The Morgan fingerprint density at radius 3 is 2.91 bits per heavy atom. The molecule has 0 radical (unpaired) electrons. The van der Waals surface area contributed by atoms with Gasteiger partial charge in [0.2, 0.25) is 0 Å². The van der Waals surface area contributed by atoms with E-state index in [4.69, 9.17) is 11.6 Å². The van der Waals surface area contributed by atoms with Crippen LogP contribution in [0.5, 0.6) is 0 Å². The molecule has 2 atom stereocenters. The molecular formula is C14H16ClN5O3. The maximum atomic E-state index is 12.3. The molecule has 122 valence electrons. The average Bonchev–Trinajstić information content (AvgIpc) is 2.81. The highest BCUT2D eigenvalue weighted by molar-refractivity contribution is 6.18. The first-order valence-electron chi connectivity index (χ1n) is 7.36. The van der Waals surface area contributed by atoms with E-state index in [0.717, 1.165) is 0 Å². The Morgan fingerprint density at radius 1 is 1.39 bits per heavy atom. The summed E-state index contributed by atoms with van der Waals surface area (Å²) >= 11 is 5.64. The summed E-state index contributed by atoms with van der Waals surface area (Å²) in [5.41, 5.74) is 0.229. The van der Waals surface area contributed by atoms with Gasteiger partial charge in [-0.15, -0.1) is 11.6 Å². The van der Waals surface area contributed by atoms with Crippen LogP contribution < -0.4 is 5.32 Å². The van der Waals surface area contributed by atoms with Gasteiger partial charge in [-0.25, -0.2) is 9.78 Å². The van der Waals surface area contributed by atoms with E-state index in [2.05, 4.69) is 15.3 Å². The molecule has 1 N–H and O–H groups in total. The summed E-state index contributed by atoms with van der Waals surface area (Å²) in [6.45, 7) is 0.641. The lowest BCUT2D eigenvalue weighted by Gasteiger charge is -2.32. The van der Waals surface area contributed by atoms with Gasteiger partial charge in [0.15, 0.2) is 0 Å². The minimum Gasteiger partial charge on any atom is -0.348 e. The SMILES string of the molecule is O=C(N[C@H]1CCN2C(=O)N(CCCl)C(=O)[C@@H]2C1)c1cnccn1. The van der Waals surface area contributed by atoms with E-state index in [1.807, 2.05) is 0 Å². The van der Waals surface area contributed by atoms with E-state index in [1.165, 1.54) is 23.5 Å². The van der Waals surface area contributed by atoms with E-state index >= 15 is 0 Å². The fourth-order valence-electron chi connectivity index (χ4n) is 2.95. The third kappa shape index (κ3) is 2.98. The Balaban J connectivity index is 1.65. The van der Waals surface area contributed by atoms with E-state index in [1.54, 1.807) is 4.90 Å². The quantitative estimate of drug-likeness (QED) is 0.627. The molecule has 23 heavy (non-hydrogen) atoms. The molecule has 0 aromatic carbocycles. The van der Waals surface area contributed by atoms with Crippen molar-refractivity contribution in [1.29, 1.82) is 0 Å². The topological polar surface area (TPSA) is 95.5 Å². The molecule has 0 aliphatic carbocycles. The molecule has 4 amide bonds. The summed E-state index contributed by atoms with van der Waals surface area (Å²) in [5, 5.41) is 2.85. The van der Waals surface area contributed by atoms with Crippen LogP contribution in [0.2, 0.25) is 0 Å². The summed E-state index contributed by atoms with van der Waals surface area (Å²) in [7, 11) is 0. The van der Waals surface area contributed by atoms with Crippen molar-refractivity contribution in [2.24, 2.45) is 0 Å². The van der Waals surface area contributed by atoms with Gasteiger partial charge in [0.1, 0.15) is 11.7 Å². The largest absolute Gasteiger partial charge is 0.348 e. The summed E-state index contributed by atoms with van der Waals surface area (Å²) in [6, 6.07) is -0.996. The Bertz CT molecular complexity index is 626. The molecule has 3 heterocycles. The number of amides is 4.